The van der Waals surface area contributed by atoms with Crippen LogP contribution in [0.2, 0.25) is 5.02 Å². The smallest absolute Gasteiger partial charge is 0.347 e. The molecule has 1 aromatic carbocycles. The minimum absolute atomic E-state index is 0.334. The van der Waals surface area contributed by atoms with E-state index in [-0.39, 0.29) is 0 Å². The fourth-order valence-corrected chi connectivity index (χ4v) is 4.42. The molecule has 3 rings (SSSR count). The van der Waals surface area contributed by atoms with Gasteiger partial charge >= 0.3 is 5.97 Å². The summed E-state index contributed by atoms with van der Waals surface area (Å²) in [6.45, 7) is 3.29. The van der Waals surface area contributed by atoms with Crippen LogP contribution in [0.5, 0.6) is 0 Å². The third-order valence-corrected chi connectivity index (χ3v) is 6.23. The molecule has 0 aliphatic rings. The number of halogens is 1. The topological polar surface area (TPSA) is 62.2 Å². The van der Waals surface area contributed by atoms with Crippen molar-refractivity contribution in [1.29, 1.82) is 0 Å². The number of carboxylic acids is 1. The Morgan fingerprint density at radius 2 is 1.96 bits per heavy atom. The van der Waals surface area contributed by atoms with E-state index < -0.39 is 5.97 Å². The van der Waals surface area contributed by atoms with Crippen LogP contribution in [-0.2, 0) is 13.0 Å². The molecule has 25 heavy (non-hydrogen) atoms. The average Bonchev–Trinajstić information content (AvgIpc) is 3.19. The van der Waals surface area contributed by atoms with E-state index in [1.165, 1.54) is 26.7 Å². The minimum Gasteiger partial charge on any atom is -0.477 e. The highest BCUT2D eigenvalue weighted by Crippen LogP contribution is 2.29. The van der Waals surface area contributed by atoms with Gasteiger partial charge in [-0.3, -0.25) is 0 Å². The summed E-state index contributed by atoms with van der Waals surface area (Å²) in [4.78, 5) is 18.2. The van der Waals surface area contributed by atoms with Crippen molar-refractivity contribution >= 4 is 40.2 Å². The number of thiophene rings is 1. The van der Waals surface area contributed by atoms with E-state index in [4.69, 9.17) is 16.7 Å². The van der Waals surface area contributed by atoms with Crippen LogP contribution in [0.3, 0.4) is 0 Å². The largest absolute Gasteiger partial charge is 0.477 e. The molecule has 2 aromatic heterocycles. The lowest BCUT2D eigenvalue weighted by Crippen LogP contribution is -2.15. The van der Waals surface area contributed by atoms with Crippen LogP contribution >= 0.6 is 34.3 Å². The molecule has 0 spiro atoms. The molecule has 0 fully saturated rings. The van der Waals surface area contributed by atoms with Crippen LogP contribution < -0.4 is 5.32 Å². The molecular formula is C18H17ClN2O2S2. The summed E-state index contributed by atoms with van der Waals surface area (Å²) in [5.41, 5.74) is 1.76. The van der Waals surface area contributed by atoms with Crippen molar-refractivity contribution in [3.8, 4) is 10.4 Å². The van der Waals surface area contributed by atoms with Gasteiger partial charge < -0.3 is 10.4 Å². The molecule has 130 valence electrons. The minimum atomic E-state index is -0.900. The third kappa shape index (κ3) is 4.67. The van der Waals surface area contributed by atoms with Gasteiger partial charge in [0.2, 0.25) is 0 Å². The molecule has 4 nitrogen and oxygen atoms in total. The first-order chi connectivity index (χ1) is 12.0. The highest BCUT2D eigenvalue weighted by Gasteiger charge is 2.13. The summed E-state index contributed by atoms with van der Waals surface area (Å²) in [5, 5.41) is 14.0. The summed E-state index contributed by atoms with van der Waals surface area (Å²) in [6.07, 6.45) is 0.730. The Hall–Kier alpha value is -1.73. The molecular weight excluding hydrogens is 376 g/mol. The van der Waals surface area contributed by atoms with E-state index in [0.29, 0.717) is 10.6 Å². The van der Waals surface area contributed by atoms with Gasteiger partial charge in [0.1, 0.15) is 4.88 Å². The molecule has 7 heteroatoms. The predicted octanol–water partition coefficient (Wildman–Crippen LogP) is 4.86. The highest BCUT2D eigenvalue weighted by molar-refractivity contribution is 7.15. The second-order valence-electron chi connectivity index (χ2n) is 5.53. The van der Waals surface area contributed by atoms with Gasteiger partial charge in [0.15, 0.2) is 0 Å². The number of aryl methyl sites for hydroxylation is 1. The van der Waals surface area contributed by atoms with E-state index in [9.17, 15) is 4.79 Å². The summed E-state index contributed by atoms with van der Waals surface area (Å²) >= 11 is 8.93. The number of aromatic nitrogens is 1. The lowest BCUT2D eigenvalue weighted by atomic mass is 10.2. The van der Waals surface area contributed by atoms with E-state index in [1.54, 1.807) is 18.3 Å². The second-order valence-corrected chi connectivity index (χ2v) is 8.22. The van der Waals surface area contributed by atoms with Crippen LogP contribution in [0.25, 0.3) is 10.4 Å². The van der Waals surface area contributed by atoms with Crippen molar-refractivity contribution in [2.24, 2.45) is 0 Å². The molecule has 0 saturated carbocycles. The fraction of sp³-hybridized carbons (Fsp3) is 0.222. The number of nitrogens with one attached hydrogen (secondary N) is 1. The van der Waals surface area contributed by atoms with Gasteiger partial charge in [-0.1, -0.05) is 23.7 Å². The van der Waals surface area contributed by atoms with Crippen molar-refractivity contribution in [3.63, 3.8) is 0 Å². The monoisotopic (exact) mass is 392 g/mol. The Balaban J connectivity index is 1.50. The van der Waals surface area contributed by atoms with Crippen molar-refractivity contribution in [3.05, 3.63) is 61.9 Å². The number of aromatic carboxylic acids is 1. The molecule has 0 aliphatic carbocycles. The van der Waals surface area contributed by atoms with Gasteiger partial charge in [-0.05, 0) is 36.8 Å². The Kier molecular flexibility index (Phi) is 5.86. The lowest BCUT2D eigenvalue weighted by molar-refractivity contribution is 0.0701. The maximum absolute atomic E-state index is 11.0. The van der Waals surface area contributed by atoms with Gasteiger partial charge in [-0.15, -0.1) is 22.7 Å². The molecule has 0 unspecified atom stereocenters. The first-order valence-corrected chi connectivity index (χ1v) is 9.79. The zero-order chi connectivity index (χ0) is 17.8. The summed E-state index contributed by atoms with van der Waals surface area (Å²) < 4.78 is 0. The Bertz CT molecular complexity index is 872. The van der Waals surface area contributed by atoms with Crippen LogP contribution in [0, 0.1) is 6.92 Å². The van der Waals surface area contributed by atoms with E-state index >= 15 is 0 Å². The van der Waals surface area contributed by atoms with Crippen molar-refractivity contribution in [1.82, 2.24) is 10.3 Å². The number of hydrogen-bond acceptors (Lipinski definition) is 5. The SMILES string of the molecule is Cc1nc(CCNCc2ccc(-c3ccc(Cl)cc3)s2)sc1C(=O)O. The quantitative estimate of drug-likeness (QED) is 0.563. The molecule has 0 saturated heterocycles. The van der Waals surface area contributed by atoms with E-state index in [2.05, 4.69) is 22.4 Å². The van der Waals surface area contributed by atoms with Gasteiger partial charge in [0.05, 0.1) is 10.7 Å². The molecule has 2 heterocycles. The number of carboxylic acid groups (broad SMARTS) is 1. The zero-order valence-corrected chi connectivity index (χ0v) is 16.0. The van der Waals surface area contributed by atoms with E-state index in [0.717, 1.165) is 29.5 Å². The van der Waals surface area contributed by atoms with Crippen LogP contribution in [0.4, 0.5) is 0 Å². The molecule has 0 aliphatic heterocycles. The number of rotatable bonds is 7. The Labute approximate surface area is 159 Å². The maximum Gasteiger partial charge on any atom is 0.347 e. The maximum atomic E-state index is 11.0. The number of thiazole rings is 1. The molecule has 0 bridgehead atoms. The number of nitrogens with zero attached hydrogens (tertiary/aromatic N) is 1. The van der Waals surface area contributed by atoms with Gasteiger partial charge in [0, 0.05) is 34.3 Å². The van der Waals surface area contributed by atoms with E-state index in [1.807, 2.05) is 24.3 Å². The summed E-state index contributed by atoms with van der Waals surface area (Å²) in [5.74, 6) is -0.900. The lowest BCUT2D eigenvalue weighted by Gasteiger charge is -2.01. The van der Waals surface area contributed by atoms with Crippen molar-refractivity contribution in [2.45, 2.75) is 19.9 Å². The molecule has 0 radical (unpaired) electrons. The number of benzene rings is 1. The van der Waals surface area contributed by atoms with Crippen molar-refractivity contribution < 1.29 is 9.90 Å². The standard InChI is InChI=1S/C18H17ClN2O2S2/c1-11-17(18(22)23)25-16(21-11)8-9-20-10-14-6-7-15(24-14)12-2-4-13(19)5-3-12/h2-7,20H,8-10H2,1H3,(H,22,23). The van der Waals surface area contributed by atoms with Crippen LogP contribution in [-0.4, -0.2) is 22.6 Å². The molecule has 2 N–H and O–H groups in total. The number of carbonyl (C=O) groups is 1. The normalized spacial score (nSPS) is 11.0. The Morgan fingerprint density at radius 1 is 1.20 bits per heavy atom. The summed E-state index contributed by atoms with van der Waals surface area (Å²) in [6, 6.07) is 12.1. The molecule has 0 amide bonds. The zero-order valence-electron chi connectivity index (χ0n) is 13.6. The first kappa shape index (κ1) is 18.1. The second kappa shape index (κ2) is 8.10. The fourth-order valence-electron chi connectivity index (χ4n) is 2.41. The summed E-state index contributed by atoms with van der Waals surface area (Å²) in [7, 11) is 0. The number of hydrogen-bond donors (Lipinski definition) is 2. The third-order valence-electron chi connectivity index (χ3n) is 3.64. The van der Waals surface area contributed by atoms with Crippen LogP contribution in [0.1, 0.15) is 25.3 Å². The van der Waals surface area contributed by atoms with Crippen molar-refractivity contribution in [2.75, 3.05) is 6.54 Å². The van der Waals surface area contributed by atoms with Gasteiger partial charge in [-0.25, -0.2) is 9.78 Å². The molecule has 3 aromatic rings. The average molecular weight is 393 g/mol. The first-order valence-electron chi connectivity index (χ1n) is 7.78. The van der Waals surface area contributed by atoms with Gasteiger partial charge in [-0.2, -0.15) is 0 Å². The Morgan fingerprint density at radius 3 is 2.64 bits per heavy atom. The van der Waals surface area contributed by atoms with Crippen LogP contribution in [0.15, 0.2) is 36.4 Å². The molecule has 0 atom stereocenters. The predicted molar refractivity (Wildman–Crippen MR) is 104 cm³/mol. The van der Waals surface area contributed by atoms with Gasteiger partial charge in [0.25, 0.3) is 0 Å². The highest BCUT2D eigenvalue weighted by atomic mass is 35.5.